The standard InChI is InChI=1S/C24H39N3O2/c1-6-26(7-2)20(16-19-12-9-8-10-13-19)18-25-23(29)21-14-11-15-27(21)22(28)17-24(3,4)5/h8-10,12-13,20-21H,6-7,11,14-18H2,1-5H3,(H,25,29)/t20-,21-/m1/s1. The zero-order valence-electron chi connectivity index (χ0n) is 18.9. The highest BCUT2D eigenvalue weighted by atomic mass is 16.2. The van der Waals surface area contributed by atoms with Crippen molar-refractivity contribution in [3.05, 3.63) is 35.9 Å². The molecule has 1 aliphatic heterocycles. The smallest absolute Gasteiger partial charge is 0.242 e. The topological polar surface area (TPSA) is 52.7 Å². The minimum atomic E-state index is -0.320. The monoisotopic (exact) mass is 401 g/mol. The van der Waals surface area contributed by atoms with Crippen molar-refractivity contribution in [3.63, 3.8) is 0 Å². The summed E-state index contributed by atoms with van der Waals surface area (Å²) in [7, 11) is 0. The Bertz CT molecular complexity index is 650. The predicted octanol–water partition coefficient (Wildman–Crippen LogP) is 3.48. The van der Waals surface area contributed by atoms with Crippen LogP contribution in [0.4, 0.5) is 0 Å². The van der Waals surface area contributed by atoms with Gasteiger partial charge in [-0.1, -0.05) is 65.0 Å². The fourth-order valence-electron chi connectivity index (χ4n) is 4.19. The lowest BCUT2D eigenvalue weighted by atomic mass is 9.91. The van der Waals surface area contributed by atoms with E-state index in [9.17, 15) is 9.59 Å². The predicted molar refractivity (Wildman–Crippen MR) is 119 cm³/mol. The van der Waals surface area contributed by atoms with Gasteiger partial charge in [0.1, 0.15) is 6.04 Å². The lowest BCUT2D eigenvalue weighted by Gasteiger charge is -2.31. The van der Waals surface area contributed by atoms with Crippen LogP contribution in [-0.4, -0.2) is 59.9 Å². The van der Waals surface area contributed by atoms with Crippen LogP contribution < -0.4 is 5.32 Å². The third-order valence-electron chi connectivity index (χ3n) is 5.71. The van der Waals surface area contributed by atoms with Gasteiger partial charge in [-0.15, -0.1) is 0 Å². The van der Waals surface area contributed by atoms with E-state index in [0.29, 0.717) is 19.5 Å². The third-order valence-corrected chi connectivity index (χ3v) is 5.71. The molecule has 1 fully saturated rings. The number of nitrogens with one attached hydrogen (secondary N) is 1. The van der Waals surface area contributed by atoms with Gasteiger partial charge in [-0.05, 0) is 43.3 Å². The molecule has 29 heavy (non-hydrogen) atoms. The van der Waals surface area contributed by atoms with Crippen molar-refractivity contribution in [1.82, 2.24) is 15.1 Å². The van der Waals surface area contributed by atoms with E-state index >= 15 is 0 Å². The lowest BCUT2D eigenvalue weighted by Crippen LogP contribution is -2.51. The molecule has 1 heterocycles. The Morgan fingerprint density at radius 3 is 2.41 bits per heavy atom. The van der Waals surface area contributed by atoms with Gasteiger partial charge in [-0.3, -0.25) is 14.5 Å². The molecule has 1 aliphatic rings. The van der Waals surface area contributed by atoms with E-state index in [1.165, 1.54) is 5.56 Å². The van der Waals surface area contributed by atoms with Gasteiger partial charge in [0.05, 0.1) is 0 Å². The number of likely N-dealkylation sites (N-methyl/N-ethyl adjacent to an activating group) is 1. The number of carbonyl (C=O) groups is 2. The Hall–Kier alpha value is -1.88. The second-order valence-electron chi connectivity index (χ2n) is 9.29. The molecule has 1 aromatic carbocycles. The van der Waals surface area contributed by atoms with Crippen molar-refractivity contribution in [2.75, 3.05) is 26.2 Å². The van der Waals surface area contributed by atoms with E-state index in [2.05, 4.69) is 69.1 Å². The molecule has 162 valence electrons. The Kier molecular flexibility index (Phi) is 8.69. The average Bonchev–Trinajstić information content (AvgIpc) is 3.16. The molecular weight excluding hydrogens is 362 g/mol. The molecule has 0 aliphatic carbocycles. The molecule has 0 spiro atoms. The van der Waals surface area contributed by atoms with Crippen LogP contribution >= 0.6 is 0 Å². The zero-order chi connectivity index (χ0) is 21.4. The molecular formula is C24H39N3O2. The van der Waals surface area contributed by atoms with E-state index in [1.54, 1.807) is 4.90 Å². The molecule has 0 unspecified atom stereocenters. The largest absolute Gasteiger partial charge is 0.353 e. The first-order valence-electron chi connectivity index (χ1n) is 11.1. The third kappa shape index (κ3) is 7.14. The maximum Gasteiger partial charge on any atom is 0.242 e. The Balaban J connectivity index is 2.00. The summed E-state index contributed by atoms with van der Waals surface area (Å²) in [6, 6.07) is 10.4. The van der Waals surface area contributed by atoms with Gasteiger partial charge < -0.3 is 10.2 Å². The Labute approximate surface area is 176 Å². The summed E-state index contributed by atoms with van der Waals surface area (Å²) >= 11 is 0. The van der Waals surface area contributed by atoms with Crippen LogP contribution in [0, 0.1) is 5.41 Å². The van der Waals surface area contributed by atoms with E-state index in [-0.39, 0.29) is 29.3 Å². The summed E-state index contributed by atoms with van der Waals surface area (Å²) < 4.78 is 0. The molecule has 5 nitrogen and oxygen atoms in total. The van der Waals surface area contributed by atoms with E-state index in [4.69, 9.17) is 0 Å². The molecule has 1 aromatic rings. The van der Waals surface area contributed by atoms with Crippen molar-refractivity contribution in [1.29, 1.82) is 0 Å². The van der Waals surface area contributed by atoms with Crippen molar-refractivity contribution in [2.45, 2.75) is 72.4 Å². The van der Waals surface area contributed by atoms with Crippen molar-refractivity contribution in [3.8, 4) is 0 Å². The second kappa shape index (κ2) is 10.8. The summed E-state index contributed by atoms with van der Waals surface area (Å²) in [5.41, 5.74) is 1.21. The molecule has 0 aromatic heterocycles. The second-order valence-corrected chi connectivity index (χ2v) is 9.29. The molecule has 0 saturated carbocycles. The van der Waals surface area contributed by atoms with E-state index in [1.807, 2.05) is 6.07 Å². The van der Waals surface area contributed by atoms with Crippen molar-refractivity contribution >= 4 is 11.8 Å². The van der Waals surface area contributed by atoms with Crippen LogP contribution in [0.15, 0.2) is 30.3 Å². The van der Waals surface area contributed by atoms with Gasteiger partial charge in [0.25, 0.3) is 0 Å². The molecule has 5 heteroatoms. The van der Waals surface area contributed by atoms with Gasteiger partial charge in [0.2, 0.25) is 11.8 Å². The maximum absolute atomic E-state index is 13.0. The molecule has 2 atom stereocenters. The first kappa shape index (κ1) is 23.4. The molecule has 1 N–H and O–H groups in total. The quantitative estimate of drug-likeness (QED) is 0.689. The zero-order valence-corrected chi connectivity index (χ0v) is 18.9. The minimum Gasteiger partial charge on any atom is -0.353 e. The molecule has 2 rings (SSSR count). The van der Waals surface area contributed by atoms with E-state index in [0.717, 1.165) is 32.4 Å². The molecule has 1 saturated heterocycles. The van der Waals surface area contributed by atoms with Gasteiger partial charge in [0, 0.05) is 25.6 Å². The number of likely N-dealkylation sites (tertiary alicyclic amines) is 1. The first-order chi connectivity index (χ1) is 13.7. The van der Waals surface area contributed by atoms with Crippen LogP contribution in [0.3, 0.4) is 0 Å². The van der Waals surface area contributed by atoms with Gasteiger partial charge >= 0.3 is 0 Å². The number of hydrogen-bond acceptors (Lipinski definition) is 3. The molecule has 2 amide bonds. The Morgan fingerprint density at radius 2 is 1.83 bits per heavy atom. The van der Waals surface area contributed by atoms with Crippen LogP contribution in [0.2, 0.25) is 0 Å². The van der Waals surface area contributed by atoms with Crippen LogP contribution in [-0.2, 0) is 16.0 Å². The summed E-state index contributed by atoms with van der Waals surface area (Å²) in [6.07, 6.45) is 3.04. The number of benzene rings is 1. The summed E-state index contributed by atoms with van der Waals surface area (Å²) in [4.78, 5) is 29.8. The summed E-state index contributed by atoms with van der Waals surface area (Å²) in [5, 5.41) is 3.17. The fourth-order valence-corrected chi connectivity index (χ4v) is 4.19. The molecule has 0 radical (unpaired) electrons. The van der Waals surface area contributed by atoms with Gasteiger partial charge in [-0.25, -0.2) is 0 Å². The van der Waals surface area contributed by atoms with Gasteiger partial charge in [0.15, 0.2) is 0 Å². The highest BCUT2D eigenvalue weighted by Crippen LogP contribution is 2.25. The van der Waals surface area contributed by atoms with Crippen LogP contribution in [0.25, 0.3) is 0 Å². The highest BCUT2D eigenvalue weighted by Gasteiger charge is 2.35. The first-order valence-corrected chi connectivity index (χ1v) is 11.1. The normalized spacial score (nSPS) is 18.1. The van der Waals surface area contributed by atoms with Gasteiger partial charge in [-0.2, -0.15) is 0 Å². The SMILES string of the molecule is CCN(CC)[C@@H](CNC(=O)[C@H]1CCCN1C(=O)CC(C)(C)C)Cc1ccccc1. The fraction of sp³-hybridized carbons (Fsp3) is 0.667. The Morgan fingerprint density at radius 1 is 1.17 bits per heavy atom. The van der Waals surface area contributed by atoms with Crippen molar-refractivity contribution < 1.29 is 9.59 Å². The summed E-state index contributed by atoms with van der Waals surface area (Å²) in [6.45, 7) is 13.7. The summed E-state index contributed by atoms with van der Waals surface area (Å²) in [5.74, 6) is 0.0923. The maximum atomic E-state index is 13.0. The van der Waals surface area contributed by atoms with Crippen LogP contribution in [0.1, 0.15) is 59.4 Å². The van der Waals surface area contributed by atoms with Crippen molar-refractivity contribution in [2.24, 2.45) is 5.41 Å². The van der Waals surface area contributed by atoms with E-state index < -0.39 is 0 Å². The average molecular weight is 402 g/mol. The minimum absolute atomic E-state index is 0.00465. The number of hydrogen-bond donors (Lipinski definition) is 1. The lowest BCUT2D eigenvalue weighted by molar-refractivity contribution is -0.139. The number of rotatable bonds is 9. The number of amides is 2. The number of nitrogens with zero attached hydrogens (tertiary/aromatic N) is 2. The van der Waals surface area contributed by atoms with Crippen LogP contribution in [0.5, 0.6) is 0 Å². The molecule has 0 bridgehead atoms. The number of carbonyl (C=O) groups excluding carboxylic acids is 2. The highest BCUT2D eigenvalue weighted by molar-refractivity contribution is 5.88.